The zero-order valence-electron chi connectivity index (χ0n) is 9.49. The number of hydrogen-bond acceptors (Lipinski definition) is 3. The van der Waals surface area contributed by atoms with Crippen LogP contribution in [-0.2, 0) is 4.79 Å². The number of nitrogens with zero attached hydrogens (tertiary/aromatic N) is 2. The van der Waals surface area contributed by atoms with E-state index < -0.39 is 0 Å². The Morgan fingerprint density at radius 1 is 1.73 bits per heavy atom. The highest BCUT2D eigenvalue weighted by atomic mass is 16.1. The van der Waals surface area contributed by atoms with E-state index in [1.807, 2.05) is 13.8 Å². The summed E-state index contributed by atoms with van der Waals surface area (Å²) in [6.45, 7) is 6.16. The van der Waals surface area contributed by atoms with E-state index in [1.54, 1.807) is 0 Å². The normalized spacial score (nSPS) is 24.2. The molecular formula is C11H19N3O. The Morgan fingerprint density at radius 2 is 2.47 bits per heavy atom. The predicted molar refractivity (Wildman–Crippen MR) is 58.1 cm³/mol. The summed E-state index contributed by atoms with van der Waals surface area (Å²) in [5, 5.41) is 11.7. The van der Waals surface area contributed by atoms with E-state index in [9.17, 15) is 4.79 Å². The van der Waals surface area contributed by atoms with E-state index in [4.69, 9.17) is 5.26 Å². The van der Waals surface area contributed by atoms with E-state index in [-0.39, 0.29) is 17.9 Å². The number of piperidine rings is 1. The van der Waals surface area contributed by atoms with Gasteiger partial charge in [0.05, 0.1) is 18.0 Å². The van der Waals surface area contributed by atoms with Gasteiger partial charge >= 0.3 is 0 Å². The summed E-state index contributed by atoms with van der Waals surface area (Å²) in [7, 11) is 0. The second kappa shape index (κ2) is 5.72. The minimum Gasteiger partial charge on any atom is -0.356 e. The smallest absolute Gasteiger partial charge is 0.224 e. The van der Waals surface area contributed by atoms with Gasteiger partial charge in [-0.1, -0.05) is 0 Å². The minimum absolute atomic E-state index is 0.0644. The Labute approximate surface area is 91.2 Å². The van der Waals surface area contributed by atoms with Crippen LogP contribution >= 0.6 is 0 Å². The molecule has 4 heteroatoms. The van der Waals surface area contributed by atoms with E-state index in [0.717, 1.165) is 25.9 Å². The van der Waals surface area contributed by atoms with Gasteiger partial charge < -0.3 is 5.32 Å². The summed E-state index contributed by atoms with van der Waals surface area (Å²) in [4.78, 5) is 13.7. The van der Waals surface area contributed by atoms with Crippen LogP contribution in [0.4, 0.5) is 0 Å². The van der Waals surface area contributed by atoms with Crippen LogP contribution in [0.5, 0.6) is 0 Å². The van der Waals surface area contributed by atoms with Crippen LogP contribution in [0.1, 0.15) is 26.7 Å². The first-order chi connectivity index (χ1) is 7.19. The van der Waals surface area contributed by atoms with Crippen LogP contribution in [0.2, 0.25) is 0 Å². The Morgan fingerprint density at radius 3 is 3.07 bits per heavy atom. The Hall–Kier alpha value is -1.08. The van der Waals surface area contributed by atoms with Crippen molar-refractivity contribution in [3.63, 3.8) is 0 Å². The van der Waals surface area contributed by atoms with Crippen LogP contribution in [0.15, 0.2) is 0 Å². The number of nitrogens with one attached hydrogen (secondary N) is 1. The van der Waals surface area contributed by atoms with Gasteiger partial charge in [0, 0.05) is 13.1 Å². The zero-order valence-corrected chi connectivity index (χ0v) is 9.49. The molecule has 0 aliphatic carbocycles. The van der Waals surface area contributed by atoms with Crippen molar-refractivity contribution in [2.45, 2.75) is 32.7 Å². The third kappa shape index (κ3) is 3.21. The van der Waals surface area contributed by atoms with E-state index in [2.05, 4.69) is 16.3 Å². The first-order valence-corrected chi connectivity index (χ1v) is 5.60. The highest BCUT2D eigenvalue weighted by Crippen LogP contribution is 2.18. The standard InChI is InChI=1S/C11H19N3O/c1-3-13-11(15)10-5-4-6-14(8-10)9(2)7-12/h9-10H,3-6,8H2,1-2H3,(H,13,15)/t9-,10+/m0/s1. The van der Waals surface area contributed by atoms with E-state index >= 15 is 0 Å². The Bertz CT molecular complexity index is 259. The van der Waals surface area contributed by atoms with Crippen molar-refractivity contribution >= 4 is 5.91 Å². The minimum atomic E-state index is -0.0813. The molecular weight excluding hydrogens is 190 g/mol. The van der Waals surface area contributed by atoms with Gasteiger partial charge in [-0.2, -0.15) is 5.26 Å². The summed E-state index contributed by atoms with van der Waals surface area (Å²) < 4.78 is 0. The second-order valence-electron chi connectivity index (χ2n) is 4.03. The van der Waals surface area contributed by atoms with Gasteiger partial charge in [-0.05, 0) is 33.2 Å². The van der Waals surface area contributed by atoms with Crippen molar-refractivity contribution in [3.05, 3.63) is 0 Å². The molecule has 1 rings (SSSR count). The average Bonchev–Trinajstić information content (AvgIpc) is 2.28. The SMILES string of the molecule is CCNC(=O)[C@@H]1CCCN([C@@H](C)C#N)C1. The molecule has 1 aliphatic heterocycles. The van der Waals surface area contributed by atoms with Crippen LogP contribution in [-0.4, -0.2) is 36.5 Å². The second-order valence-corrected chi connectivity index (χ2v) is 4.03. The lowest BCUT2D eigenvalue weighted by Gasteiger charge is -2.33. The molecule has 0 aromatic carbocycles. The number of carbonyl (C=O) groups is 1. The molecule has 4 nitrogen and oxygen atoms in total. The number of carbonyl (C=O) groups excluding carboxylic acids is 1. The van der Waals surface area contributed by atoms with Crippen LogP contribution in [0.25, 0.3) is 0 Å². The van der Waals surface area contributed by atoms with Crippen molar-refractivity contribution in [1.82, 2.24) is 10.2 Å². The van der Waals surface area contributed by atoms with Crippen molar-refractivity contribution in [2.24, 2.45) is 5.92 Å². The zero-order chi connectivity index (χ0) is 11.3. The first-order valence-electron chi connectivity index (χ1n) is 5.60. The largest absolute Gasteiger partial charge is 0.356 e. The van der Waals surface area contributed by atoms with Gasteiger partial charge in [-0.25, -0.2) is 0 Å². The van der Waals surface area contributed by atoms with Gasteiger partial charge in [0.2, 0.25) is 5.91 Å². The molecule has 1 heterocycles. The highest BCUT2D eigenvalue weighted by Gasteiger charge is 2.27. The lowest BCUT2D eigenvalue weighted by Crippen LogP contribution is -2.45. The molecule has 0 aromatic rings. The summed E-state index contributed by atoms with van der Waals surface area (Å²) >= 11 is 0. The summed E-state index contributed by atoms with van der Waals surface area (Å²) in [5.74, 6) is 0.196. The molecule has 0 saturated carbocycles. The first kappa shape index (κ1) is 12.0. The maximum atomic E-state index is 11.6. The summed E-state index contributed by atoms with van der Waals surface area (Å²) in [6, 6.07) is 2.14. The van der Waals surface area contributed by atoms with Crippen molar-refractivity contribution in [2.75, 3.05) is 19.6 Å². The van der Waals surface area contributed by atoms with E-state index in [0.29, 0.717) is 6.54 Å². The van der Waals surface area contributed by atoms with Crippen molar-refractivity contribution in [3.8, 4) is 6.07 Å². The maximum Gasteiger partial charge on any atom is 0.224 e. The lowest BCUT2D eigenvalue weighted by molar-refractivity contribution is -0.126. The molecule has 15 heavy (non-hydrogen) atoms. The molecule has 0 spiro atoms. The van der Waals surface area contributed by atoms with Crippen molar-refractivity contribution < 1.29 is 4.79 Å². The monoisotopic (exact) mass is 209 g/mol. The van der Waals surface area contributed by atoms with Gasteiger partial charge in [0.25, 0.3) is 0 Å². The maximum absolute atomic E-state index is 11.6. The van der Waals surface area contributed by atoms with E-state index in [1.165, 1.54) is 0 Å². The van der Waals surface area contributed by atoms with Gasteiger partial charge in [0.15, 0.2) is 0 Å². The van der Waals surface area contributed by atoms with Gasteiger partial charge in [-0.15, -0.1) is 0 Å². The van der Waals surface area contributed by atoms with Crippen LogP contribution in [0, 0.1) is 17.2 Å². The molecule has 0 radical (unpaired) electrons. The quantitative estimate of drug-likeness (QED) is 0.746. The Kier molecular flexibility index (Phi) is 4.57. The molecule has 2 atom stereocenters. The molecule has 1 amide bonds. The molecule has 84 valence electrons. The average molecular weight is 209 g/mol. The fraction of sp³-hybridized carbons (Fsp3) is 0.818. The molecule has 1 aliphatic rings. The predicted octanol–water partition coefficient (Wildman–Crippen LogP) is 0.747. The topological polar surface area (TPSA) is 56.1 Å². The van der Waals surface area contributed by atoms with Crippen LogP contribution < -0.4 is 5.32 Å². The number of nitriles is 1. The number of hydrogen-bond donors (Lipinski definition) is 1. The van der Waals surface area contributed by atoms with Gasteiger partial charge in [-0.3, -0.25) is 9.69 Å². The van der Waals surface area contributed by atoms with Crippen LogP contribution in [0.3, 0.4) is 0 Å². The fourth-order valence-corrected chi connectivity index (χ4v) is 1.97. The third-order valence-corrected chi connectivity index (χ3v) is 2.91. The number of likely N-dealkylation sites (tertiary alicyclic amines) is 1. The highest BCUT2D eigenvalue weighted by molar-refractivity contribution is 5.78. The fourth-order valence-electron chi connectivity index (χ4n) is 1.97. The molecule has 0 aromatic heterocycles. The molecule has 1 saturated heterocycles. The molecule has 1 fully saturated rings. The lowest BCUT2D eigenvalue weighted by atomic mass is 9.96. The molecule has 0 bridgehead atoms. The number of rotatable bonds is 3. The van der Waals surface area contributed by atoms with Gasteiger partial charge in [0.1, 0.15) is 0 Å². The Balaban J connectivity index is 2.49. The molecule has 0 unspecified atom stereocenters. The summed E-state index contributed by atoms with van der Waals surface area (Å²) in [5.41, 5.74) is 0. The summed E-state index contributed by atoms with van der Waals surface area (Å²) in [6.07, 6.45) is 1.95. The third-order valence-electron chi connectivity index (χ3n) is 2.91. The number of amides is 1. The molecule has 1 N–H and O–H groups in total. The van der Waals surface area contributed by atoms with Crippen molar-refractivity contribution in [1.29, 1.82) is 5.26 Å².